The Hall–Kier alpha value is -1.06. The van der Waals surface area contributed by atoms with Gasteiger partial charge in [0.05, 0.1) is 7.11 Å². The van der Waals surface area contributed by atoms with Crippen molar-refractivity contribution in [2.24, 2.45) is 5.73 Å². The Morgan fingerprint density at radius 2 is 2.12 bits per heavy atom. The summed E-state index contributed by atoms with van der Waals surface area (Å²) in [4.78, 5) is 2.46. The molecule has 17 heavy (non-hydrogen) atoms. The van der Waals surface area contributed by atoms with E-state index in [4.69, 9.17) is 10.5 Å². The molecule has 3 heteroatoms. The number of hydrogen-bond donors (Lipinski definition) is 1. The molecule has 0 spiro atoms. The van der Waals surface area contributed by atoms with E-state index in [1.54, 1.807) is 7.11 Å². The van der Waals surface area contributed by atoms with Gasteiger partial charge in [0, 0.05) is 13.1 Å². The molecule has 2 N–H and O–H groups in total. The zero-order chi connectivity index (χ0) is 12.1. The first-order valence-corrected chi connectivity index (χ1v) is 6.40. The van der Waals surface area contributed by atoms with Crippen molar-refractivity contribution in [3.05, 3.63) is 29.8 Å². The Balaban J connectivity index is 1.95. The summed E-state index contributed by atoms with van der Waals surface area (Å²) in [6.45, 7) is 4.13. The molecular formula is C14H22N2O. The van der Waals surface area contributed by atoms with E-state index in [1.165, 1.54) is 31.5 Å². The molecule has 1 fully saturated rings. The van der Waals surface area contributed by atoms with Crippen molar-refractivity contribution in [2.75, 3.05) is 33.3 Å². The van der Waals surface area contributed by atoms with Crippen LogP contribution in [0.25, 0.3) is 0 Å². The van der Waals surface area contributed by atoms with Gasteiger partial charge in [-0.05, 0) is 49.5 Å². The lowest BCUT2D eigenvalue weighted by Crippen LogP contribution is -2.36. The molecule has 1 saturated heterocycles. The molecule has 0 atom stereocenters. The molecule has 1 aromatic rings. The highest BCUT2D eigenvalue weighted by atomic mass is 16.5. The van der Waals surface area contributed by atoms with Gasteiger partial charge in [0.25, 0.3) is 0 Å². The molecule has 0 unspecified atom stereocenters. The van der Waals surface area contributed by atoms with Gasteiger partial charge in [-0.1, -0.05) is 12.1 Å². The second-order valence-corrected chi connectivity index (χ2v) is 4.68. The molecule has 1 aromatic carbocycles. The van der Waals surface area contributed by atoms with Crippen LogP contribution in [0.5, 0.6) is 5.75 Å². The van der Waals surface area contributed by atoms with E-state index >= 15 is 0 Å². The van der Waals surface area contributed by atoms with E-state index in [0.717, 1.165) is 18.8 Å². The minimum absolute atomic E-state index is 0.680. The average molecular weight is 234 g/mol. The van der Waals surface area contributed by atoms with Crippen LogP contribution in [-0.2, 0) is 0 Å². The Labute approximate surface area is 104 Å². The standard InChI is InChI=1S/C14H22N2O/c1-17-14-4-2-3-13(11-14)12-5-8-16(9-6-12)10-7-15/h2-4,11-12H,5-10,15H2,1H3. The van der Waals surface area contributed by atoms with E-state index in [0.29, 0.717) is 5.92 Å². The molecule has 3 nitrogen and oxygen atoms in total. The first-order chi connectivity index (χ1) is 8.33. The summed E-state index contributed by atoms with van der Waals surface area (Å²) in [7, 11) is 1.73. The Bertz CT molecular complexity index is 346. The van der Waals surface area contributed by atoms with Gasteiger partial charge in [0.1, 0.15) is 5.75 Å². The summed E-state index contributed by atoms with van der Waals surface area (Å²) in [5.74, 6) is 1.64. The lowest BCUT2D eigenvalue weighted by atomic mass is 9.89. The van der Waals surface area contributed by atoms with Crippen LogP contribution in [0.2, 0.25) is 0 Å². The molecule has 1 aliphatic rings. The highest BCUT2D eigenvalue weighted by molar-refractivity contribution is 5.31. The van der Waals surface area contributed by atoms with Crippen LogP contribution in [-0.4, -0.2) is 38.2 Å². The fraction of sp³-hybridized carbons (Fsp3) is 0.571. The highest BCUT2D eigenvalue weighted by Crippen LogP contribution is 2.29. The van der Waals surface area contributed by atoms with Gasteiger partial charge in [-0.15, -0.1) is 0 Å². The fourth-order valence-electron chi connectivity index (χ4n) is 2.57. The number of rotatable bonds is 4. The Kier molecular flexibility index (Phi) is 4.40. The molecule has 1 heterocycles. The summed E-state index contributed by atoms with van der Waals surface area (Å²) in [6.07, 6.45) is 2.46. The predicted molar refractivity (Wildman–Crippen MR) is 70.5 cm³/mol. The quantitative estimate of drug-likeness (QED) is 0.864. The van der Waals surface area contributed by atoms with E-state index in [9.17, 15) is 0 Å². The minimum Gasteiger partial charge on any atom is -0.497 e. The second kappa shape index (κ2) is 6.03. The van der Waals surface area contributed by atoms with E-state index < -0.39 is 0 Å². The van der Waals surface area contributed by atoms with Crippen molar-refractivity contribution < 1.29 is 4.74 Å². The van der Waals surface area contributed by atoms with Gasteiger partial charge < -0.3 is 15.4 Å². The van der Waals surface area contributed by atoms with Crippen molar-refractivity contribution in [3.8, 4) is 5.75 Å². The van der Waals surface area contributed by atoms with Gasteiger partial charge in [-0.2, -0.15) is 0 Å². The summed E-state index contributed by atoms with van der Waals surface area (Å²) in [5, 5.41) is 0. The van der Waals surface area contributed by atoms with Gasteiger partial charge in [-0.3, -0.25) is 0 Å². The topological polar surface area (TPSA) is 38.5 Å². The average Bonchev–Trinajstić information content (AvgIpc) is 2.40. The predicted octanol–water partition coefficient (Wildman–Crippen LogP) is 1.83. The number of likely N-dealkylation sites (tertiary alicyclic amines) is 1. The maximum absolute atomic E-state index is 5.58. The summed E-state index contributed by atoms with van der Waals surface area (Å²) < 4.78 is 5.28. The first kappa shape index (κ1) is 12.4. The van der Waals surface area contributed by atoms with Crippen molar-refractivity contribution in [3.63, 3.8) is 0 Å². The summed E-state index contributed by atoms with van der Waals surface area (Å²) >= 11 is 0. The normalized spacial score (nSPS) is 18.2. The van der Waals surface area contributed by atoms with Crippen LogP contribution in [0.4, 0.5) is 0 Å². The maximum atomic E-state index is 5.58. The number of ether oxygens (including phenoxy) is 1. The van der Waals surface area contributed by atoms with Crippen molar-refractivity contribution >= 4 is 0 Å². The molecule has 94 valence electrons. The molecule has 0 saturated carbocycles. The monoisotopic (exact) mass is 234 g/mol. The maximum Gasteiger partial charge on any atom is 0.119 e. The zero-order valence-corrected chi connectivity index (χ0v) is 10.6. The molecule has 0 radical (unpaired) electrons. The molecule has 0 amide bonds. The van der Waals surface area contributed by atoms with E-state index in [1.807, 2.05) is 6.07 Å². The van der Waals surface area contributed by atoms with Gasteiger partial charge in [-0.25, -0.2) is 0 Å². The third kappa shape index (κ3) is 3.20. The second-order valence-electron chi connectivity index (χ2n) is 4.68. The van der Waals surface area contributed by atoms with Crippen molar-refractivity contribution in [2.45, 2.75) is 18.8 Å². The largest absolute Gasteiger partial charge is 0.497 e. The zero-order valence-electron chi connectivity index (χ0n) is 10.6. The molecule has 0 bridgehead atoms. The number of nitrogens with two attached hydrogens (primary N) is 1. The number of piperidine rings is 1. The van der Waals surface area contributed by atoms with Crippen LogP contribution in [0.3, 0.4) is 0 Å². The third-order valence-electron chi connectivity index (χ3n) is 3.60. The van der Waals surface area contributed by atoms with Gasteiger partial charge in [0.15, 0.2) is 0 Å². The molecule has 1 aliphatic heterocycles. The Morgan fingerprint density at radius 1 is 1.35 bits per heavy atom. The van der Waals surface area contributed by atoms with Crippen LogP contribution in [0.1, 0.15) is 24.3 Å². The SMILES string of the molecule is COc1cccc(C2CCN(CCN)CC2)c1. The number of methoxy groups -OCH3 is 1. The van der Waals surface area contributed by atoms with Crippen LogP contribution in [0, 0.1) is 0 Å². The van der Waals surface area contributed by atoms with Crippen LogP contribution >= 0.6 is 0 Å². The first-order valence-electron chi connectivity index (χ1n) is 6.40. The van der Waals surface area contributed by atoms with E-state index in [-0.39, 0.29) is 0 Å². The fourth-order valence-corrected chi connectivity index (χ4v) is 2.57. The van der Waals surface area contributed by atoms with Crippen LogP contribution in [0.15, 0.2) is 24.3 Å². The lowest BCUT2D eigenvalue weighted by molar-refractivity contribution is 0.217. The Morgan fingerprint density at radius 3 is 2.76 bits per heavy atom. The molecule has 0 aliphatic carbocycles. The molecular weight excluding hydrogens is 212 g/mol. The number of nitrogens with zero attached hydrogens (tertiary/aromatic N) is 1. The highest BCUT2D eigenvalue weighted by Gasteiger charge is 2.20. The lowest BCUT2D eigenvalue weighted by Gasteiger charge is -2.31. The minimum atomic E-state index is 0.680. The third-order valence-corrected chi connectivity index (χ3v) is 3.60. The van der Waals surface area contributed by atoms with E-state index in [2.05, 4.69) is 23.1 Å². The molecule has 0 aromatic heterocycles. The summed E-state index contributed by atoms with van der Waals surface area (Å²) in [6, 6.07) is 8.47. The number of benzene rings is 1. The van der Waals surface area contributed by atoms with Crippen molar-refractivity contribution in [1.29, 1.82) is 0 Å². The van der Waals surface area contributed by atoms with Gasteiger partial charge >= 0.3 is 0 Å². The smallest absolute Gasteiger partial charge is 0.119 e. The van der Waals surface area contributed by atoms with Crippen molar-refractivity contribution in [1.82, 2.24) is 4.90 Å². The van der Waals surface area contributed by atoms with Gasteiger partial charge in [0.2, 0.25) is 0 Å². The summed E-state index contributed by atoms with van der Waals surface area (Å²) in [5.41, 5.74) is 7.00. The van der Waals surface area contributed by atoms with Crippen LogP contribution < -0.4 is 10.5 Å². The molecule has 2 rings (SSSR count). The number of hydrogen-bond acceptors (Lipinski definition) is 3.